The van der Waals surface area contributed by atoms with Gasteiger partial charge in [0.1, 0.15) is 11.5 Å². The first kappa shape index (κ1) is 17.5. The summed E-state index contributed by atoms with van der Waals surface area (Å²) in [6.45, 7) is 5.45. The molecule has 4 rings (SSSR count). The number of aryl methyl sites for hydroxylation is 3. The number of nitriles is 1. The van der Waals surface area contributed by atoms with Gasteiger partial charge in [-0.2, -0.15) is 5.26 Å². The number of hydrogen-bond donors (Lipinski definition) is 1. The molecule has 0 aliphatic heterocycles. The third-order valence-corrected chi connectivity index (χ3v) is 4.43. The van der Waals surface area contributed by atoms with Gasteiger partial charge in [-0.15, -0.1) is 0 Å². The predicted molar refractivity (Wildman–Crippen MR) is 103 cm³/mol. The Morgan fingerprint density at radius 1 is 1.18 bits per heavy atom. The highest BCUT2D eigenvalue weighted by atomic mass is 16.5. The first-order chi connectivity index (χ1) is 13.5. The Morgan fingerprint density at radius 3 is 2.71 bits per heavy atom. The van der Waals surface area contributed by atoms with Gasteiger partial charge in [-0.25, -0.2) is 4.98 Å². The third kappa shape index (κ3) is 3.01. The van der Waals surface area contributed by atoms with E-state index in [0.29, 0.717) is 39.3 Å². The molecule has 0 bridgehead atoms. The molecule has 1 aromatic carbocycles. The number of nitrogens with zero attached hydrogens (tertiary/aromatic N) is 3. The van der Waals surface area contributed by atoms with Crippen LogP contribution in [0.4, 0.5) is 5.69 Å². The molecule has 7 heteroatoms. The van der Waals surface area contributed by atoms with Crippen LogP contribution in [0.15, 0.2) is 45.3 Å². The molecule has 0 radical (unpaired) electrons. The van der Waals surface area contributed by atoms with Crippen molar-refractivity contribution < 1.29 is 13.7 Å². The summed E-state index contributed by atoms with van der Waals surface area (Å²) < 4.78 is 10.9. The summed E-state index contributed by atoms with van der Waals surface area (Å²) in [6.07, 6.45) is 0. The third-order valence-electron chi connectivity index (χ3n) is 4.43. The van der Waals surface area contributed by atoms with E-state index in [0.717, 1.165) is 11.3 Å². The van der Waals surface area contributed by atoms with Gasteiger partial charge in [0.15, 0.2) is 0 Å². The fourth-order valence-corrected chi connectivity index (χ4v) is 3.16. The van der Waals surface area contributed by atoms with Crippen LogP contribution >= 0.6 is 0 Å². The normalized spacial score (nSPS) is 10.8. The van der Waals surface area contributed by atoms with Gasteiger partial charge < -0.3 is 14.3 Å². The van der Waals surface area contributed by atoms with Crippen molar-refractivity contribution in [1.29, 1.82) is 5.26 Å². The van der Waals surface area contributed by atoms with Crippen LogP contribution in [0.5, 0.6) is 0 Å². The Labute approximate surface area is 160 Å². The number of pyridine rings is 1. The number of furan rings is 1. The Kier molecular flexibility index (Phi) is 4.17. The average Bonchev–Trinajstić information content (AvgIpc) is 3.22. The molecule has 28 heavy (non-hydrogen) atoms. The zero-order valence-corrected chi connectivity index (χ0v) is 15.5. The van der Waals surface area contributed by atoms with E-state index in [4.69, 9.17) is 14.2 Å². The molecule has 0 atom stereocenters. The van der Waals surface area contributed by atoms with Crippen LogP contribution in [-0.2, 0) is 0 Å². The number of rotatable bonds is 3. The molecule has 0 aliphatic rings. The number of carbonyl (C=O) groups excluding carboxylic acids is 1. The van der Waals surface area contributed by atoms with Crippen molar-refractivity contribution in [2.24, 2.45) is 0 Å². The molecule has 0 unspecified atom stereocenters. The maximum atomic E-state index is 13.0. The first-order valence-corrected chi connectivity index (χ1v) is 8.62. The number of aromatic nitrogens is 2. The number of hydrogen-bond acceptors (Lipinski definition) is 6. The largest absolute Gasteiger partial charge is 0.466 e. The molecule has 3 heterocycles. The van der Waals surface area contributed by atoms with E-state index in [1.165, 1.54) is 0 Å². The van der Waals surface area contributed by atoms with Gasteiger partial charge in [-0.3, -0.25) is 4.79 Å². The molecule has 138 valence electrons. The van der Waals surface area contributed by atoms with Crippen LogP contribution in [0.1, 0.15) is 33.1 Å². The molecule has 7 nitrogen and oxygen atoms in total. The summed E-state index contributed by atoms with van der Waals surface area (Å²) in [4.78, 5) is 17.5. The Bertz CT molecular complexity index is 1260. The highest BCUT2D eigenvalue weighted by molar-refractivity contribution is 6.13. The van der Waals surface area contributed by atoms with E-state index in [1.54, 1.807) is 37.3 Å². The second kappa shape index (κ2) is 6.67. The average molecular weight is 372 g/mol. The molecule has 0 aliphatic carbocycles. The van der Waals surface area contributed by atoms with Gasteiger partial charge in [0, 0.05) is 11.3 Å². The second-order valence-corrected chi connectivity index (χ2v) is 6.48. The topological polar surface area (TPSA) is 105 Å². The SMILES string of the molecule is Cc1cc(-c2cc(C(=O)Nc3cccc(C#N)c3)c3c(C)noc3n2)c(C)o1. The summed E-state index contributed by atoms with van der Waals surface area (Å²) in [5, 5.41) is 16.4. The maximum Gasteiger partial charge on any atom is 0.259 e. The summed E-state index contributed by atoms with van der Waals surface area (Å²) >= 11 is 0. The highest BCUT2D eigenvalue weighted by Crippen LogP contribution is 2.30. The van der Waals surface area contributed by atoms with Gasteiger partial charge >= 0.3 is 0 Å². The standard InChI is InChI=1S/C21H16N4O3/c1-11-7-16(13(3)27-11)18-9-17(19-12(2)25-28-21(19)24-18)20(26)23-15-6-4-5-14(8-15)10-22/h4-9H,1-3H3,(H,23,26). The van der Waals surface area contributed by atoms with E-state index >= 15 is 0 Å². The highest BCUT2D eigenvalue weighted by Gasteiger charge is 2.21. The fourth-order valence-electron chi connectivity index (χ4n) is 3.16. The zero-order chi connectivity index (χ0) is 19.8. The van der Waals surface area contributed by atoms with Crippen LogP contribution in [0.25, 0.3) is 22.4 Å². The van der Waals surface area contributed by atoms with E-state index in [2.05, 4.69) is 21.5 Å². The quantitative estimate of drug-likeness (QED) is 0.566. The molecule has 0 spiro atoms. The molecule has 1 amide bonds. The number of benzene rings is 1. The van der Waals surface area contributed by atoms with E-state index < -0.39 is 0 Å². The monoisotopic (exact) mass is 372 g/mol. The minimum absolute atomic E-state index is 0.282. The molecular formula is C21H16N4O3. The van der Waals surface area contributed by atoms with Crippen LogP contribution in [0.3, 0.4) is 0 Å². The minimum atomic E-state index is -0.340. The second-order valence-electron chi connectivity index (χ2n) is 6.48. The molecule has 4 aromatic rings. The van der Waals surface area contributed by atoms with Crippen molar-refractivity contribution >= 4 is 22.7 Å². The first-order valence-electron chi connectivity index (χ1n) is 8.62. The summed E-state index contributed by atoms with van der Waals surface area (Å²) in [5.41, 5.74) is 3.58. The van der Waals surface area contributed by atoms with E-state index in [-0.39, 0.29) is 11.6 Å². The predicted octanol–water partition coefficient (Wildman–Crippen LogP) is 4.53. The van der Waals surface area contributed by atoms with E-state index in [9.17, 15) is 4.79 Å². The zero-order valence-electron chi connectivity index (χ0n) is 15.5. The number of anilines is 1. The Balaban J connectivity index is 1.82. The summed E-state index contributed by atoms with van der Waals surface area (Å²) in [7, 11) is 0. The van der Waals surface area contributed by atoms with Crippen LogP contribution < -0.4 is 5.32 Å². The van der Waals surface area contributed by atoms with Crippen LogP contribution in [0, 0.1) is 32.1 Å². The Morgan fingerprint density at radius 2 is 2.00 bits per heavy atom. The molecule has 1 N–H and O–H groups in total. The lowest BCUT2D eigenvalue weighted by molar-refractivity contribution is 0.102. The Hall–Kier alpha value is -3.92. The molecule has 0 saturated carbocycles. The van der Waals surface area contributed by atoms with Gasteiger partial charge in [0.25, 0.3) is 11.6 Å². The van der Waals surface area contributed by atoms with Gasteiger partial charge in [0.05, 0.1) is 34.0 Å². The smallest absolute Gasteiger partial charge is 0.259 e. The number of carbonyl (C=O) groups is 1. The molecule has 0 saturated heterocycles. The minimum Gasteiger partial charge on any atom is -0.466 e. The fraction of sp³-hybridized carbons (Fsp3) is 0.143. The van der Waals surface area contributed by atoms with Crippen molar-refractivity contribution in [3.63, 3.8) is 0 Å². The number of nitrogens with one attached hydrogen (secondary N) is 1. The lowest BCUT2D eigenvalue weighted by Crippen LogP contribution is -2.13. The van der Waals surface area contributed by atoms with Crippen molar-refractivity contribution in [3.05, 3.63) is 64.7 Å². The van der Waals surface area contributed by atoms with Crippen molar-refractivity contribution in [2.75, 3.05) is 5.32 Å². The van der Waals surface area contributed by atoms with Crippen LogP contribution in [0.2, 0.25) is 0 Å². The van der Waals surface area contributed by atoms with Gasteiger partial charge in [0.2, 0.25) is 0 Å². The number of amides is 1. The molecule has 0 fully saturated rings. The molecule has 3 aromatic heterocycles. The summed E-state index contributed by atoms with van der Waals surface area (Å²) in [5.74, 6) is 1.11. The van der Waals surface area contributed by atoms with Crippen molar-refractivity contribution in [2.45, 2.75) is 20.8 Å². The van der Waals surface area contributed by atoms with Crippen LogP contribution in [-0.4, -0.2) is 16.0 Å². The van der Waals surface area contributed by atoms with Gasteiger partial charge in [-0.05, 0) is 51.1 Å². The van der Waals surface area contributed by atoms with Crippen molar-refractivity contribution in [3.8, 4) is 17.3 Å². The number of fused-ring (bicyclic) bond motifs is 1. The van der Waals surface area contributed by atoms with Crippen molar-refractivity contribution in [1.82, 2.24) is 10.1 Å². The maximum absolute atomic E-state index is 13.0. The lowest BCUT2D eigenvalue weighted by atomic mass is 10.1. The van der Waals surface area contributed by atoms with E-state index in [1.807, 2.05) is 19.9 Å². The van der Waals surface area contributed by atoms with Gasteiger partial charge in [-0.1, -0.05) is 11.2 Å². The summed E-state index contributed by atoms with van der Waals surface area (Å²) in [6, 6.07) is 12.3. The molecular weight excluding hydrogens is 356 g/mol. The lowest BCUT2D eigenvalue weighted by Gasteiger charge is -2.08.